The third-order valence-corrected chi connectivity index (χ3v) is 5.19. The fourth-order valence-electron chi connectivity index (χ4n) is 3.80. The summed E-state index contributed by atoms with van der Waals surface area (Å²) >= 11 is 0. The van der Waals surface area contributed by atoms with Crippen LogP contribution in [0.1, 0.15) is 42.6 Å². The number of nitrogens with zero attached hydrogens (tertiary/aromatic N) is 1. The van der Waals surface area contributed by atoms with Crippen LogP contribution in [0.2, 0.25) is 0 Å². The van der Waals surface area contributed by atoms with E-state index in [1.54, 1.807) is 25.3 Å². The number of carbonyl (C=O) groups is 1. The fourth-order valence-corrected chi connectivity index (χ4v) is 3.80. The van der Waals surface area contributed by atoms with Gasteiger partial charge in [-0.3, -0.25) is 9.69 Å². The van der Waals surface area contributed by atoms with Gasteiger partial charge >= 0.3 is 0 Å². The first-order valence-corrected chi connectivity index (χ1v) is 10.4. The van der Waals surface area contributed by atoms with Gasteiger partial charge in [-0.15, -0.1) is 0 Å². The van der Waals surface area contributed by atoms with Crippen LogP contribution in [0.4, 0.5) is 0 Å². The zero-order valence-electron chi connectivity index (χ0n) is 17.7. The molecule has 1 saturated heterocycles. The summed E-state index contributed by atoms with van der Waals surface area (Å²) in [6.45, 7) is 7.72. The summed E-state index contributed by atoms with van der Waals surface area (Å²) in [6, 6.07) is 15.9. The van der Waals surface area contributed by atoms with E-state index in [1.807, 2.05) is 13.8 Å². The molecule has 1 N–H and O–H groups in total. The molecule has 0 aliphatic carbocycles. The molecule has 1 aliphatic rings. The second kappa shape index (κ2) is 10.3. The Morgan fingerprint density at radius 3 is 2.69 bits per heavy atom. The number of hydrogen-bond acceptors (Lipinski definition) is 4. The lowest BCUT2D eigenvalue weighted by molar-refractivity contribution is 0.0930. The van der Waals surface area contributed by atoms with Gasteiger partial charge in [-0.25, -0.2) is 0 Å². The molecule has 156 valence electrons. The summed E-state index contributed by atoms with van der Waals surface area (Å²) in [6.07, 6.45) is 2.37. The van der Waals surface area contributed by atoms with E-state index < -0.39 is 0 Å². The van der Waals surface area contributed by atoms with Crippen LogP contribution in [0.15, 0.2) is 48.5 Å². The molecule has 0 radical (unpaired) electrons. The third-order valence-electron chi connectivity index (χ3n) is 5.19. The van der Waals surface area contributed by atoms with Crippen LogP contribution in [0, 0.1) is 5.92 Å². The lowest BCUT2D eigenvalue weighted by Crippen LogP contribution is -2.40. The maximum Gasteiger partial charge on any atom is 0.251 e. The molecule has 1 heterocycles. The summed E-state index contributed by atoms with van der Waals surface area (Å²) in [7, 11) is 1.59. The highest BCUT2D eigenvalue weighted by Gasteiger charge is 2.21. The first-order chi connectivity index (χ1) is 14.0. The summed E-state index contributed by atoms with van der Waals surface area (Å²) in [4.78, 5) is 15.1. The van der Waals surface area contributed by atoms with Crippen molar-refractivity contribution in [1.29, 1.82) is 0 Å². The lowest BCUT2D eigenvalue weighted by Gasteiger charge is -2.32. The Morgan fingerprint density at radius 1 is 1.17 bits per heavy atom. The molecule has 5 heteroatoms. The second-order valence-corrected chi connectivity index (χ2v) is 7.97. The lowest BCUT2D eigenvalue weighted by atomic mass is 9.97. The number of carbonyl (C=O) groups excluding carboxylic acids is 1. The minimum Gasteiger partial charge on any atom is -0.493 e. The Labute approximate surface area is 174 Å². The zero-order chi connectivity index (χ0) is 20.6. The van der Waals surface area contributed by atoms with Crippen LogP contribution >= 0.6 is 0 Å². The van der Waals surface area contributed by atoms with Gasteiger partial charge in [0.1, 0.15) is 0 Å². The highest BCUT2D eigenvalue weighted by Crippen LogP contribution is 2.29. The van der Waals surface area contributed by atoms with Crippen LogP contribution in [-0.4, -0.2) is 43.7 Å². The van der Waals surface area contributed by atoms with Crippen molar-refractivity contribution in [3.63, 3.8) is 0 Å². The maximum atomic E-state index is 12.6. The minimum absolute atomic E-state index is 0.0497. The van der Waals surface area contributed by atoms with Crippen molar-refractivity contribution in [3.05, 3.63) is 59.7 Å². The molecule has 1 aliphatic heterocycles. The predicted octanol–water partition coefficient (Wildman–Crippen LogP) is 4.12. The molecule has 2 aromatic carbocycles. The molecule has 0 aromatic heterocycles. The molecule has 0 spiro atoms. The van der Waals surface area contributed by atoms with Gasteiger partial charge in [0.15, 0.2) is 11.5 Å². The van der Waals surface area contributed by atoms with Gasteiger partial charge in [0.25, 0.3) is 5.91 Å². The van der Waals surface area contributed by atoms with Crippen molar-refractivity contribution in [3.8, 4) is 11.5 Å². The smallest absolute Gasteiger partial charge is 0.251 e. The zero-order valence-corrected chi connectivity index (χ0v) is 17.7. The number of piperidine rings is 1. The summed E-state index contributed by atoms with van der Waals surface area (Å²) in [5.41, 5.74) is 1.93. The van der Waals surface area contributed by atoms with E-state index in [2.05, 4.69) is 40.5 Å². The number of amides is 1. The summed E-state index contributed by atoms with van der Waals surface area (Å²) in [5, 5.41) is 3.10. The van der Waals surface area contributed by atoms with Crippen molar-refractivity contribution in [2.75, 3.05) is 26.7 Å². The van der Waals surface area contributed by atoms with Crippen LogP contribution in [0.25, 0.3) is 0 Å². The largest absolute Gasteiger partial charge is 0.493 e. The fraction of sp³-hybridized carbons (Fsp3) is 0.458. The molecule has 1 atom stereocenters. The van der Waals surface area contributed by atoms with E-state index >= 15 is 0 Å². The summed E-state index contributed by atoms with van der Waals surface area (Å²) < 4.78 is 11.1. The Bertz CT molecular complexity index is 792. The monoisotopic (exact) mass is 396 g/mol. The molecule has 2 aromatic rings. The van der Waals surface area contributed by atoms with E-state index in [-0.39, 0.29) is 12.0 Å². The highest BCUT2D eigenvalue weighted by molar-refractivity contribution is 5.94. The number of nitrogens with one attached hydrogen (secondary N) is 1. The topological polar surface area (TPSA) is 50.8 Å². The van der Waals surface area contributed by atoms with Gasteiger partial charge in [-0.05, 0) is 62.9 Å². The van der Waals surface area contributed by atoms with Crippen molar-refractivity contribution >= 4 is 5.91 Å². The van der Waals surface area contributed by atoms with E-state index in [0.29, 0.717) is 29.5 Å². The normalized spacial score (nSPS) is 17.2. The quantitative estimate of drug-likeness (QED) is 0.729. The van der Waals surface area contributed by atoms with Crippen molar-refractivity contribution in [2.45, 2.75) is 39.3 Å². The molecular formula is C24H32N2O3. The van der Waals surface area contributed by atoms with Crippen molar-refractivity contribution in [1.82, 2.24) is 10.2 Å². The Balaban J connectivity index is 1.53. The third kappa shape index (κ3) is 6.23. The number of rotatable bonds is 8. The van der Waals surface area contributed by atoms with Crippen LogP contribution in [0.3, 0.4) is 0 Å². The van der Waals surface area contributed by atoms with Crippen molar-refractivity contribution < 1.29 is 14.3 Å². The standard InChI is InChI=1S/C24H32N2O3/c1-18(2)29-22-12-11-21(14-23(22)28-3)24(27)25-15-20-10-7-13-26(17-20)16-19-8-5-4-6-9-19/h4-6,8-9,11-12,14,18,20H,7,10,13,15-17H2,1-3H3,(H,25,27). The van der Waals surface area contributed by atoms with Gasteiger partial charge in [0, 0.05) is 25.2 Å². The molecule has 1 fully saturated rings. The van der Waals surface area contributed by atoms with Crippen LogP contribution in [0.5, 0.6) is 11.5 Å². The van der Waals surface area contributed by atoms with Gasteiger partial charge in [-0.1, -0.05) is 30.3 Å². The molecular weight excluding hydrogens is 364 g/mol. The average Bonchev–Trinajstić information content (AvgIpc) is 2.73. The summed E-state index contributed by atoms with van der Waals surface area (Å²) in [5.74, 6) is 1.64. The van der Waals surface area contributed by atoms with E-state index in [1.165, 1.54) is 12.0 Å². The molecule has 29 heavy (non-hydrogen) atoms. The number of benzene rings is 2. The molecule has 0 bridgehead atoms. The van der Waals surface area contributed by atoms with E-state index in [9.17, 15) is 4.79 Å². The SMILES string of the molecule is COc1cc(C(=O)NCC2CCCN(Cc3ccccc3)C2)ccc1OC(C)C. The highest BCUT2D eigenvalue weighted by atomic mass is 16.5. The predicted molar refractivity (Wildman–Crippen MR) is 116 cm³/mol. The number of hydrogen-bond donors (Lipinski definition) is 1. The van der Waals surface area contributed by atoms with E-state index in [0.717, 1.165) is 26.1 Å². The number of ether oxygens (including phenoxy) is 2. The van der Waals surface area contributed by atoms with Crippen LogP contribution < -0.4 is 14.8 Å². The molecule has 5 nitrogen and oxygen atoms in total. The molecule has 0 saturated carbocycles. The van der Waals surface area contributed by atoms with Gasteiger partial charge < -0.3 is 14.8 Å². The van der Waals surface area contributed by atoms with Gasteiger partial charge in [0.2, 0.25) is 0 Å². The number of likely N-dealkylation sites (tertiary alicyclic amines) is 1. The Kier molecular flexibility index (Phi) is 7.53. The van der Waals surface area contributed by atoms with Crippen LogP contribution in [-0.2, 0) is 6.54 Å². The first-order valence-electron chi connectivity index (χ1n) is 10.4. The molecule has 3 rings (SSSR count). The van der Waals surface area contributed by atoms with Gasteiger partial charge in [-0.2, -0.15) is 0 Å². The number of methoxy groups -OCH3 is 1. The molecule has 1 amide bonds. The molecule has 1 unspecified atom stereocenters. The second-order valence-electron chi connectivity index (χ2n) is 7.97. The van der Waals surface area contributed by atoms with E-state index in [4.69, 9.17) is 9.47 Å². The van der Waals surface area contributed by atoms with Crippen molar-refractivity contribution in [2.24, 2.45) is 5.92 Å². The Hall–Kier alpha value is -2.53. The minimum atomic E-state index is -0.0698. The first kappa shape index (κ1) is 21.2. The van der Waals surface area contributed by atoms with Gasteiger partial charge in [0.05, 0.1) is 13.2 Å². The maximum absolute atomic E-state index is 12.6. The average molecular weight is 397 g/mol. The Morgan fingerprint density at radius 2 is 1.97 bits per heavy atom.